The third kappa shape index (κ3) is 4.42. The van der Waals surface area contributed by atoms with Gasteiger partial charge in [-0.25, -0.2) is 0 Å². The Kier molecular flexibility index (Phi) is 7.29. The van der Waals surface area contributed by atoms with Crippen LogP contribution in [0.15, 0.2) is 72.8 Å². The van der Waals surface area contributed by atoms with Crippen molar-refractivity contribution in [2.45, 2.75) is 42.3 Å². The third-order valence-electron chi connectivity index (χ3n) is 8.87. The molecule has 0 bridgehead atoms. The van der Waals surface area contributed by atoms with Crippen molar-refractivity contribution >= 4 is 46.8 Å². The highest BCUT2D eigenvalue weighted by Crippen LogP contribution is 2.65. The number of halogens is 1. The summed E-state index contributed by atoms with van der Waals surface area (Å²) in [5.74, 6) is -1.86. The summed E-state index contributed by atoms with van der Waals surface area (Å²) in [6.07, 6.45) is 8.40. The first-order valence-electron chi connectivity index (χ1n) is 14.1. The summed E-state index contributed by atoms with van der Waals surface area (Å²) < 4.78 is -1.62. The van der Waals surface area contributed by atoms with Crippen LogP contribution in [0.2, 0.25) is 5.02 Å². The second kappa shape index (κ2) is 10.6. The van der Waals surface area contributed by atoms with Crippen molar-refractivity contribution in [2.24, 2.45) is 11.8 Å². The molecule has 1 N–H and O–H groups in total. The van der Waals surface area contributed by atoms with E-state index in [1.54, 1.807) is 27.6 Å². The molecule has 0 radical (unpaired) electrons. The molecule has 9 heteroatoms. The van der Waals surface area contributed by atoms with Crippen molar-refractivity contribution in [3.05, 3.63) is 89.0 Å². The normalized spacial score (nSPS) is 30.8. The number of thioether (sulfide) groups is 1. The van der Waals surface area contributed by atoms with E-state index in [1.165, 1.54) is 0 Å². The molecule has 3 amide bonds. The first-order valence-corrected chi connectivity index (χ1v) is 15.3. The van der Waals surface area contributed by atoms with Crippen LogP contribution in [0.25, 0.3) is 0 Å². The first-order chi connectivity index (χ1) is 19.7. The van der Waals surface area contributed by atoms with Crippen LogP contribution in [0.5, 0.6) is 0 Å². The first kappa shape index (κ1) is 28.1. The molecule has 6 rings (SSSR count). The van der Waals surface area contributed by atoms with E-state index in [-0.39, 0.29) is 30.9 Å². The predicted octanol–water partition coefficient (Wildman–Crippen LogP) is 4.22. The van der Waals surface area contributed by atoms with E-state index in [2.05, 4.69) is 6.08 Å². The molecule has 0 aliphatic carbocycles. The van der Waals surface area contributed by atoms with E-state index in [0.717, 1.165) is 11.1 Å². The van der Waals surface area contributed by atoms with Gasteiger partial charge < -0.3 is 19.8 Å². The van der Waals surface area contributed by atoms with Crippen molar-refractivity contribution < 1.29 is 19.5 Å². The molecule has 41 heavy (non-hydrogen) atoms. The lowest BCUT2D eigenvalue weighted by Crippen LogP contribution is -2.53. The third-order valence-corrected chi connectivity index (χ3v) is 11.0. The number of fused-ring (bicyclic) bond motifs is 2. The number of rotatable bonds is 6. The number of aryl methyl sites for hydroxylation is 1. The summed E-state index contributed by atoms with van der Waals surface area (Å²) in [6.45, 7) is 5.28. The van der Waals surface area contributed by atoms with Gasteiger partial charge in [0.2, 0.25) is 11.8 Å². The van der Waals surface area contributed by atoms with Crippen molar-refractivity contribution in [1.82, 2.24) is 9.80 Å². The molecule has 2 saturated heterocycles. The Morgan fingerprint density at radius 3 is 2.44 bits per heavy atom. The molecule has 4 aliphatic heterocycles. The van der Waals surface area contributed by atoms with Gasteiger partial charge in [0.1, 0.15) is 6.04 Å². The number of likely N-dealkylation sites (tertiary alicyclic amines) is 1. The topological polar surface area (TPSA) is 81.2 Å². The largest absolute Gasteiger partial charge is 0.396 e. The van der Waals surface area contributed by atoms with Crippen LogP contribution in [0, 0.1) is 18.8 Å². The van der Waals surface area contributed by atoms with Crippen LogP contribution in [0.3, 0.4) is 0 Å². The molecule has 1 spiro atoms. The van der Waals surface area contributed by atoms with Crippen LogP contribution in [-0.2, 0) is 20.9 Å². The van der Waals surface area contributed by atoms with Crippen LogP contribution in [0.4, 0.5) is 5.69 Å². The lowest BCUT2D eigenvalue weighted by atomic mass is 9.74. The second-order valence-corrected chi connectivity index (χ2v) is 13.7. The summed E-state index contributed by atoms with van der Waals surface area (Å²) >= 11 is 8.19. The molecule has 2 aromatic carbocycles. The minimum atomic E-state index is -0.942. The number of carbonyl (C=O) groups is 3. The Morgan fingerprint density at radius 2 is 1.71 bits per heavy atom. The zero-order chi connectivity index (χ0) is 28.9. The number of benzene rings is 2. The molecule has 1 unspecified atom stereocenters. The number of hydrogen-bond donors (Lipinski definition) is 1. The number of amides is 3. The smallest absolute Gasteiger partial charge is 0.251 e. The molecule has 2 aromatic rings. The molecule has 5 atom stereocenters. The Morgan fingerprint density at radius 1 is 0.951 bits per heavy atom. The van der Waals surface area contributed by atoms with E-state index in [0.29, 0.717) is 36.8 Å². The minimum Gasteiger partial charge on any atom is -0.396 e. The zero-order valence-corrected chi connectivity index (χ0v) is 24.8. The Balaban J connectivity index is 1.44. The van der Waals surface area contributed by atoms with Crippen LogP contribution in [-0.4, -0.2) is 74.4 Å². The lowest BCUT2D eigenvalue weighted by Gasteiger charge is -2.37. The van der Waals surface area contributed by atoms with Gasteiger partial charge in [0.15, 0.2) is 0 Å². The molecule has 4 heterocycles. The number of para-hydroxylation sites is 1. The van der Waals surface area contributed by atoms with E-state index < -0.39 is 27.4 Å². The average molecular weight is 592 g/mol. The Labute approximate surface area is 249 Å². The zero-order valence-electron chi connectivity index (χ0n) is 23.2. The van der Waals surface area contributed by atoms with Gasteiger partial charge in [-0.15, -0.1) is 11.8 Å². The van der Waals surface area contributed by atoms with Crippen molar-refractivity contribution in [1.29, 1.82) is 0 Å². The van der Waals surface area contributed by atoms with Crippen molar-refractivity contribution in [2.75, 3.05) is 31.1 Å². The highest BCUT2D eigenvalue weighted by molar-refractivity contribution is 8.02. The predicted molar refractivity (Wildman–Crippen MR) is 162 cm³/mol. The second-order valence-electron chi connectivity index (χ2n) is 11.5. The number of hydrogen-bond acceptors (Lipinski definition) is 5. The standard InChI is InChI=1S/C32H34ClN3O4S/c1-21-10-6-13-23(33)26(21)35-17-8-15-32-25(29(39)36(18-9-19-37)27(32)30(35)40)24-28(38)34(16-7-14-31(24,2)41-32)20-22-11-4-3-5-12-22/h3-8,10-15,24-25,27,37H,9,16-20H2,1-2H3/t24-,25-,27?,31+,32-/m0/s1. The molecule has 4 aliphatic rings. The van der Waals surface area contributed by atoms with E-state index in [9.17, 15) is 19.5 Å². The maximum Gasteiger partial charge on any atom is 0.251 e. The molecular formula is C32H34ClN3O4S. The summed E-state index contributed by atoms with van der Waals surface area (Å²) in [4.78, 5) is 48.5. The summed E-state index contributed by atoms with van der Waals surface area (Å²) in [5.41, 5.74) is 2.52. The van der Waals surface area contributed by atoms with Gasteiger partial charge >= 0.3 is 0 Å². The fourth-order valence-electron chi connectivity index (χ4n) is 7.16. The van der Waals surface area contributed by atoms with Gasteiger partial charge in [-0.1, -0.05) is 78.4 Å². The van der Waals surface area contributed by atoms with E-state index in [4.69, 9.17) is 11.6 Å². The molecule has 0 aromatic heterocycles. The van der Waals surface area contributed by atoms with Crippen molar-refractivity contribution in [3.8, 4) is 0 Å². The van der Waals surface area contributed by atoms with Crippen LogP contribution < -0.4 is 4.90 Å². The summed E-state index contributed by atoms with van der Waals surface area (Å²) in [6, 6.07) is 14.6. The monoisotopic (exact) mass is 591 g/mol. The van der Waals surface area contributed by atoms with Gasteiger partial charge in [-0.05, 0) is 37.5 Å². The SMILES string of the molecule is Cc1cccc(Cl)c1N1CC=C[C@]23S[C@]4(C)C=CCN(Cc5ccccc5)C(=O)[C@@H]4[C@H]2C(=O)N(CCCO)C3C1=O. The minimum absolute atomic E-state index is 0.0734. The molecular weight excluding hydrogens is 558 g/mol. The number of carbonyl (C=O) groups excluding carboxylic acids is 3. The molecule has 214 valence electrons. The van der Waals surface area contributed by atoms with Crippen LogP contribution >= 0.6 is 23.4 Å². The van der Waals surface area contributed by atoms with Gasteiger partial charge in [0, 0.05) is 37.5 Å². The number of anilines is 1. The Hall–Kier alpha value is -3.07. The van der Waals surface area contributed by atoms with E-state index >= 15 is 0 Å². The highest BCUT2D eigenvalue weighted by Gasteiger charge is 2.73. The molecule has 7 nitrogen and oxygen atoms in total. The fraction of sp³-hybridized carbons (Fsp3) is 0.406. The number of nitrogens with zero attached hydrogens (tertiary/aromatic N) is 3. The lowest BCUT2D eigenvalue weighted by molar-refractivity contribution is -0.144. The van der Waals surface area contributed by atoms with Gasteiger partial charge in [-0.2, -0.15) is 0 Å². The fourth-order valence-corrected chi connectivity index (χ4v) is 9.65. The quantitative estimate of drug-likeness (QED) is 0.509. The molecule has 0 saturated carbocycles. The summed E-state index contributed by atoms with van der Waals surface area (Å²) in [7, 11) is 0. The summed E-state index contributed by atoms with van der Waals surface area (Å²) in [5, 5.41) is 10.1. The molecule has 2 fully saturated rings. The van der Waals surface area contributed by atoms with Crippen LogP contribution in [0.1, 0.15) is 24.5 Å². The highest BCUT2D eigenvalue weighted by atomic mass is 35.5. The Bertz CT molecular complexity index is 1430. The maximum absolute atomic E-state index is 14.6. The van der Waals surface area contributed by atoms with Crippen molar-refractivity contribution in [3.63, 3.8) is 0 Å². The van der Waals surface area contributed by atoms with Gasteiger partial charge in [0.25, 0.3) is 5.91 Å². The average Bonchev–Trinajstić information content (AvgIpc) is 3.22. The number of aliphatic hydroxyl groups is 1. The number of aliphatic hydroxyl groups excluding tert-OH is 1. The maximum atomic E-state index is 14.6. The van der Waals surface area contributed by atoms with Gasteiger partial charge in [-0.3, -0.25) is 14.4 Å². The van der Waals surface area contributed by atoms with Gasteiger partial charge in [0.05, 0.1) is 27.3 Å². The van der Waals surface area contributed by atoms with E-state index in [1.807, 2.05) is 79.4 Å².